The number of fused-ring (bicyclic) bond motifs is 1. The number of nitrogens with one attached hydrogen (secondary N) is 1. The van der Waals surface area contributed by atoms with Gasteiger partial charge in [-0.25, -0.2) is 0 Å². The van der Waals surface area contributed by atoms with E-state index in [2.05, 4.69) is 10.3 Å². The van der Waals surface area contributed by atoms with E-state index in [4.69, 9.17) is 0 Å². The van der Waals surface area contributed by atoms with Crippen molar-refractivity contribution in [3.05, 3.63) is 42.1 Å². The van der Waals surface area contributed by atoms with Crippen molar-refractivity contribution < 1.29 is 14.7 Å². The second-order valence-electron chi connectivity index (χ2n) is 5.72. The molecule has 0 saturated heterocycles. The molecule has 0 radical (unpaired) electrons. The monoisotopic (exact) mass is 298 g/mol. The first-order chi connectivity index (χ1) is 10.6. The van der Waals surface area contributed by atoms with Crippen molar-refractivity contribution in [2.75, 3.05) is 0 Å². The van der Waals surface area contributed by atoms with E-state index in [-0.39, 0.29) is 11.9 Å². The Hall–Kier alpha value is -2.43. The number of aromatic nitrogens is 1. The number of amides is 1. The number of carbonyl (C=O) groups excluding carboxylic acids is 1. The molecule has 0 spiro atoms. The Morgan fingerprint density at radius 3 is 2.82 bits per heavy atom. The molecule has 0 aliphatic heterocycles. The molecular formula is C17H18N2O3. The molecule has 2 N–H and O–H groups in total. The second-order valence-corrected chi connectivity index (χ2v) is 5.72. The minimum Gasteiger partial charge on any atom is -0.481 e. The molecule has 0 bridgehead atoms. The van der Waals surface area contributed by atoms with E-state index in [1.54, 1.807) is 24.4 Å². The number of pyridine rings is 1. The fourth-order valence-electron chi connectivity index (χ4n) is 3.07. The zero-order chi connectivity index (χ0) is 15.5. The zero-order valence-corrected chi connectivity index (χ0v) is 12.2. The molecule has 1 aliphatic rings. The molecule has 2 atom stereocenters. The van der Waals surface area contributed by atoms with Crippen LogP contribution < -0.4 is 5.32 Å². The minimum atomic E-state index is -0.826. The number of benzene rings is 1. The highest BCUT2D eigenvalue weighted by Gasteiger charge is 2.31. The Morgan fingerprint density at radius 1 is 1.18 bits per heavy atom. The number of carboxylic acids is 1. The average molecular weight is 298 g/mol. The normalized spacial score (nSPS) is 21.5. The molecule has 2 aromatic rings. The Bertz CT molecular complexity index is 714. The highest BCUT2D eigenvalue weighted by molar-refractivity contribution is 5.98. The molecule has 5 heteroatoms. The molecule has 1 aromatic heterocycles. The zero-order valence-electron chi connectivity index (χ0n) is 12.2. The van der Waals surface area contributed by atoms with Crippen molar-refractivity contribution in [3.8, 4) is 0 Å². The maximum absolute atomic E-state index is 12.4. The van der Waals surface area contributed by atoms with Crippen LogP contribution in [0.1, 0.15) is 36.0 Å². The van der Waals surface area contributed by atoms with Crippen molar-refractivity contribution in [1.29, 1.82) is 0 Å². The molecule has 1 heterocycles. The molecule has 3 rings (SSSR count). The van der Waals surface area contributed by atoms with E-state index in [0.29, 0.717) is 12.0 Å². The minimum absolute atomic E-state index is 0.219. The van der Waals surface area contributed by atoms with Gasteiger partial charge in [-0.2, -0.15) is 0 Å². The Balaban J connectivity index is 1.78. The van der Waals surface area contributed by atoms with Gasteiger partial charge in [-0.05, 0) is 37.1 Å². The molecule has 1 amide bonds. The van der Waals surface area contributed by atoms with Crippen LogP contribution in [0.15, 0.2) is 36.5 Å². The summed E-state index contributed by atoms with van der Waals surface area (Å²) < 4.78 is 0. The summed E-state index contributed by atoms with van der Waals surface area (Å²) in [5.41, 5.74) is 1.37. The molecular weight excluding hydrogens is 280 g/mol. The summed E-state index contributed by atoms with van der Waals surface area (Å²) in [7, 11) is 0. The Kier molecular flexibility index (Phi) is 4.04. The van der Waals surface area contributed by atoms with E-state index >= 15 is 0 Å². The van der Waals surface area contributed by atoms with Gasteiger partial charge in [0, 0.05) is 23.2 Å². The SMILES string of the molecule is O=C(N[C@H]1CCCC[C@H]1C(=O)O)c1ccc2ncccc2c1. The van der Waals surface area contributed by atoms with E-state index in [1.807, 2.05) is 12.1 Å². The number of rotatable bonds is 3. The fraction of sp³-hybridized carbons (Fsp3) is 0.353. The van der Waals surface area contributed by atoms with E-state index in [1.165, 1.54) is 0 Å². The van der Waals surface area contributed by atoms with Crippen molar-refractivity contribution in [1.82, 2.24) is 10.3 Å². The molecule has 114 valence electrons. The summed E-state index contributed by atoms with van der Waals surface area (Å²) in [6.07, 6.45) is 4.92. The number of nitrogens with zero attached hydrogens (tertiary/aromatic N) is 1. The predicted octanol–water partition coefficient (Wildman–Crippen LogP) is 2.61. The second kappa shape index (κ2) is 6.13. The third-order valence-corrected chi connectivity index (χ3v) is 4.26. The molecule has 5 nitrogen and oxygen atoms in total. The summed E-state index contributed by atoms with van der Waals surface area (Å²) in [6.45, 7) is 0. The van der Waals surface area contributed by atoms with Crippen LogP contribution in [0.25, 0.3) is 10.9 Å². The van der Waals surface area contributed by atoms with Crippen LogP contribution in [0.3, 0.4) is 0 Å². The van der Waals surface area contributed by atoms with Gasteiger partial charge in [0.2, 0.25) is 0 Å². The van der Waals surface area contributed by atoms with Crippen molar-refractivity contribution in [3.63, 3.8) is 0 Å². The summed E-state index contributed by atoms with van der Waals surface area (Å²) >= 11 is 0. The Morgan fingerprint density at radius 2 is 2.00 bits per heavy atom. The van der Waals surface area contributed by atoms with Gasteiger partial charge < -0.3 is 10.4 Å². The third-order valence-electron chi connectivity index (χ3n) is 4.26. The first-order valence-electron chi connectivity index (χ1n) is 7.53. The molecule has 22 heavy (non-hydrogen) atoms. The van der Waals surface area contributed by atoms with Crippen LogP contribution in [0, 0.1) is 5.92 Å². The van der Waals surface area contributed by atoms with Gasteiger partial charge >= 0.3 is 5.97 Å². The van der Waals surface area contributed by atoms with Crippen LogP contribution >= 0.6 is 0 Å². The molecule has 0 unspecified atom stereocenters. The van der Waals surface area contributed by atoms with E-state index in [9.17, 15) is 14.7 Å². The molecule has 1 saturated carbocycles. The summed E-state index contributed by atoms with van der Waals surface area (Å²) in [5.74, 6) is -1.53. The summed E-state index contributed by atoms with van der Waals surface area (Å²) in [4.78, 5) is 27.9. The molecule has 1 fully saturated rings. The van der Waals surface area contributed by atoms with E-state index < -0.39 is 11.9 Å². The van der Waals surface area contributed by atoms with Crippen LogP contribution in [0.4, 0.5) is 0 Å². The lowest BCUT2D eigenvalue weighted by Crippen LogP contribution is -2.45. The number of carbonyl (C=O) groups is 2. The predicted molar refractivity (Wildman–Crippen MR) is 82.6 cm³/mol. The van der Waals surface area contributed by atoms with Crippen LogP contribution in [0.5, 0.6) is 0 Å². The highest BCUT2D eigenvalue weighted by atomic mass is 16.4. The largest absolute Gasteiger partial charge is 0.481 e. The number of aliphatic carboxylic acids is 1. The molecule has 1 aliphatic carbocycles. The Labute approximate surface area is 128 Å². The quantitative estimate of drug-likeness (QED) is 0.913. The average Bonchev–Trinajstić information content (AvgIpc) is 2.54. The fourth-order valence-corrected chi connectivity index (χ4v) is 3.07. The number of hydrogen-bond acceptors (Lipinski definition) is 3. The van der Waals surface area contributed by atoms with Crippen LogP contribution in [0.2, 0.25) is 0 Å². The first kappa shape index (κ1) is 14.5. The van der Waals surface area contributed by atoms with Crippen molar-refractivity contribution in [2.45, 2.75) is 31.7 Å². The van der Waals surface area contributed by atoms with Gasteiger partial charge in [-0.15, -0.1) is 0 Å². The van der Waals surface area contributed by atoms with Gasteiger partial charge in [0.1, 0.15) is 0 Å². The lowest BCUT2D eigenvalue weighted by Gasteiger charge is -2.29. The van der Waals surface area contributed by atoms with Gasteiger partial charge in [-0.3, -0.25) is 14.6 Å². The van der Waals surface area contributed by atoms with Crippen molar-refractivity contribution >= 4 is 22.8 Å². The highest BCUT2D eigenvalue weighted by Crippen LogP contribution is 2.25. The maximum atomic E-state index is 12.4. The van der Waals surface area contributed by atoms with Crippen LogP contribution in [-0.4, -0.2) is 28.0 Å². The van der Waals surface area contributed by atoms with Crippen molar-refractivity contribution in [2.24, 2.45) is 5.92 Å². The standard InChI is InChI=1S/C17H18N2O3/c20-16(19-15-6-2-1-5-13(15)17(21)22)12-7-8-14-11(10-12)4-3-9-18-14/h3-4,7-10,13,15H,1-2,5-6H2,(H,19,20)(H,21,22)/t13-,15+/m1/s1. The summed E-state index contributed by atoms with van der Waals surface area (Å²) in [6, 6.07) is 8.76. The van der Waals surface area contributed by atoms with Gasteiger partial charge in [0.25, 0.3) is 5.91 Å². The lowest BCUT2D eigenvalue weighted by atomic mass is 9.84. The first-order valence-corrected chi connectivity index (χ1v) is 7.53. The molecule has 1 aromatic carbocycles. The smallest absolute Gasteiger partial charge is 0.308 e. The van der Waals surface area contributed by atoms with Gasteiger partial charge in [0.05, 0.1) is 11.4 Å². The van der Waals surface area contributed by atoms with Crippen LogP contribution in [-0.2, 0) is 4.79 Å². The number of carboxylic acid groups (broad SMARTS) is 1. The van der Waals surface area contributed by atoms with E-state index in [0.717, 1.165) is 30.2 Å². The number of hydrogen-bond donors (Lipinski definition) is 2. The third kappa shape index (κ3) is 2.93. The van der Waals surface area contributed by atoms with Gasteiger partial charge in [-0.1, -0.05) is 18.9 Å². The summed E-state index contributed by atoms with van der Waals surface area (Å²) in [5, 5.41) is 13.1. The van der Waals surface area contributed by atoms with Gasteiger partial charge in [0.15, 0.2) is 0 Å². The topological polar surface area (TPSA) is 79.3 Å². The lowest BCUT2D eigenvalue weighted by molar-refractivity contribution is -0.143. The maximum Gasteiger partial charge on any atom is 0.308 e.